The maximum Gasteiger partial charge on any atom is 0.245 e. The Morgan fingerprint density at radius 1 is 1.15 bits per heavy atom. The third-order valence-electron chi connectivity index (χ3n) is 5.64. The molecule has 152 valence electrons. The number of hydroxylamine groups is 2. The molecule has 0 radical (unpaired) electrons. The third-order valence-corrected chi connectivity index (χ3v) is 6.84. The molecule has 0 spiro atoms. The highest BCUT2D eigenvalue weighted by Gasteiger charge is 2.48. The van der Waals surface area contributed by atoms with Crippen LogP contribution in [0.15, 0.2) is 0 Å². The molecule has 26 heavy (non-hydrogen) atoms. The number of unbranched alkanes of at least 4 members (excludes halogenated alkanes) is 4. The second kappa shape index (κ2) is 12.2. The summed E-state index contributed by atoms with van der Waals surface area (Å²) in [6, 6.07) is 0. The number of amides is 1. The number of hydrogen-bond acceptors (Lipinski definition) is 5. The number of carbonyl (C=O) groups is 1. The summed E-state index contributed by atoms with van der Waals surface area (Å²) in [5.41, 5.74) is 0. The molecular weight excluding hydrogens is 350 g/mol. The Balaban J connectivity index is 1.58. The van der Waals surface area contributed by atoms with Gasteiger partial charge in [0.25, 0.3) is 0 Å². The van der Waals surface area contributed by atoms with Gasteiger partial charge in [-0.15, -0.1) is 0 Å². The number of rotatable bonds is 14. The van der Waals surface area contributed by atoms with Crippen molar-refractivity contribution in [3.63, 3.8) is 0 Å². The summed E-state index contributed by atoms with van der Waals surface area (Å²) in [6.07, 6.45) is 10.6. The quantitative estimate of drug-likeness (QED) is 0.276. The van der Waals surface area contributed by atoms with Crippen LogP contribution in [0, 0.1) is 11.8 Å². The van der Waals surface area contributed by atoms with Gasteiger partial charge in [0.05, 0.1) is 18.8 Å². The van der Waals surface area contributed by atoms with Gasteiger partial charge in [0.2, 0.25) is 5.91 Å². The minimum Gasteiger partial charge on any atom is -0.381 e. The van der Waals surface area contributed by atoms with Crippen molar-refractivity contribution in [3.8, 4) is 0 Å². The lowest BCUT2D eigenvalue weighted by molar-refractivity contribution is -0.159. The molecule has 2 aliphatic heterocycles. The zero-order valence-electron chi connectivity index (χ0n) is 16.5. The molecule has 0 aromatic heterocycles. The van der Waals surface area contributed by atoms with Crippen LogP contribution >= 0.6 is 11.8 Å². The number of nitrogens with zero attached hydrogens (tertiary/aromatic N) is 1. The zero-order valence-corrected chi connectivity index (χ0v) is 17.3. The molecule has 5 nitrogen and oxygen atoms in total. The number of thioether (sulfide) groups is 1. The van der Waals surface area contributed by atoms with Crippen LogP contribution in [-0.4, -0.2) is 60.2 Å². The second-order valence-corrected chi connectivity index (χ2v) is 8.85. The van der Waals surface area contributed by atoms with Gasteiger partial charge in [-0.05, 0) is 43.6 Å². The van der Waals surface area contributed by atoms with Gasteiger partial charge in [0.15, 0.2) is 0 Å². The number of ether oxygens (including phenoxy) is 2. The van der Waals surface area contributed by atoms with Crippen LogP contribution < -0.4 is 0 Å². The highest BCUT2D eigenvalue weighted by molar-refractivity contribution is 7.99. The van der Waals surface area contributed by atoms with E-state index < -0.39 is 0 Å². The molecule has 4 atom stereocenters. The van der Waals surface area contributed by atoms with Crippen molar-refractivity contribution in [1.29, 1.82) is 0 Å². The van der Waals surface area contributed by atoms with E-state index in [-0.39, 0.29) is 5.91 Å². The van der Waals surface area contributed by atoms with Gasteiger partial charge in [0, 0.05) is 31.9 Å². The fourth-order valence-corrected chi connectivity index (χ4v) is 5.35. The van der Waals surface area contributed by atoms with Crippen molar-refractivity contribution in [1.82, 2.24) is 5.06 Å². The Labute approximate surface area is 163 Å². The average molecular weight is 388 g/mol. The van der Waals surface area contributed by atoms with E-state index in [0.717, 1.165) is 19.4 Å². The van der Waals surface area contributed by atoms with Crippen LogP contribution in [0.1, 0.15) is 64.7 Å². The second-order valence-electron chi connectivity index (χ2n) is 7.70. The van der Waals surface area contributed by atoms with E-state index in [0.29, 0.717) is 42.1 Å². The molecule has 2 rings (SSSR count). The summed E-state index contributed by atoms with van der Waals surface area (Å²) in [4.78, 5) is 11.3. The van der Waals surface area contributed by atoms with Gasteiger partial charge in [0.1, 0.15) is 0 Å². The first-order valence-corrected chi connectivity index (χ1v) is 11.5. The molecule has 0 aliphatic carbocycles. The predicted octanol–water partition coefficient (Wildman–Crippen LogP) is 4.13. The molecule has 0 saturated carbocycles. The molecule has 2 fully saturated rings. The lowest BCUT2D eigenvalue weighted by Gasteiger charge is -2.27. The molecule has 6 heteroatoms. The van der Waals surface area contributed by atoms with Crippen molar-refractivity contribution in [2.24, 2.45) is 11.8 Å². The molecule has 4 unspecified atom stereocenters. The first-order valence-electron chi connectivity index (χ1n) is 10.4. The van der Waals surface area contributed by atoms with E-state index in [2.05, 4.69) is 18.7 Å². The minimum absolute atomic E-state index is 0.234. The Morgan fingerprint density at radius 3 is 2.65 bits per heavy atom. The molecular formula is C20H37NO4S. The summed E-state index contributed by atoms with van der Waals surface area (Å²) < 4.78 is 12.1. The van der Waals surface area contributed by atoms with Gasteiger partial charge < -0.3 is 9.47 Å². The monoisotopic (exact) mass is 387 g/mol. The molecule has 0 aromatic carbocycles. The van der Waals surface area contributed by atoms with E-state index in [9.17, 15) is 4.79 Å². The lowest BCUT2D eigenvalue weighted by Crippen LogP contribution is -2.32. The van der Waals surface area contributed by atoms with Crippen molar-refractivity contribution >= 4 is 17.7 Å². The molecule has 2 heterocycles. The first-order chi connectivity index (χ1) is 12.6. The van der Waals surface area contributed by atoms with E-state index in [1.807, 2.05) is 0 Å². The number of hydrogen-bond donors (Lipinski definition) is 1. The first kappa shape index (κ1) is 22.0. The maximum atomic E-state index is 11.3. The summed E-state index contributed by atoms with van der Waals surface area (Å²) in [6.45, 7) is 3.73. The van der Waals surface area contributed by atoms with Crippen molar-refractivity contribution in [2.45, 2.75) is 76.9 Å². The normalized spacial score (nSPS) is 27.2. The van der Waals surface area contributed by atoms with Gasteiger partial charge in [-0.2, -0.15) is 11.8 Å². The Bertz CT molecular complexity index is 407. The number of fused-ring (bicyclic) bond motifs is 2. The highest BCUT2D eigenvalue weighted by Crippen LogP contribution is 2.44. The van der Waals surface area contributed by atoms with Crippen LogP contribution in [-0.2, 0) is 14.3 Å². The topological polar surface area (TPSA) is 59.0 Å². The molecule has 2 saturated heterocycles. The molecule has 2 aliphatic rings. The summed E-state index contributed by atoms with van der Waals surface area (Å²) >= 11 is 2.10. The molecule has 2 bridgehead atoms. The van der Waals surface area contributed by atoms with Crippen LogP contribution in [0.4, 0.5) is 0 Å². The van der Waals surface area contributed by atoms with Crippen LogP contribution in [0.25, 0.3) is 0 Å². The largest absolute Gasteiger partial charge is 0.381 e. The van der Waals surface area contributed by atoms with E-state index in [4.69, 9.17) is 14.7 Å². The standard InChI is InChI=1S/C20H37NO4S/c1-3-4-5-8-13-26-15-17-16(18-10-11-19(17)25-18)14-24-12-7-6-9-20(22)21(2)23/h16-19,23H,3-15H2,1-2H3. The summed E-state index contributed by atoms with van der Waals surface area (Å²) in [5, 5.41) is 9.69. The van der Waals surface area contributed by atoms with E-state index >= 15 is 0 Å². The minimum atomic E-state index is -0.234. The maximum absolute atomic E-state index is 11.3. The Kier molecular flexibility index (Phi) is 10.3. The molecule has 1 amide bonds. The SMILES string of the molecule is CCCCCCSCC1C2CCC(O2)C1COCCCCC(=O)N(C)O. The van der Waals surface area contributed by atoms with E-state index in [1.54, 1.807) is 0 Å². The van der Waals surface area contributed by atoms with Gasteiger partial charge >= 0.3 is 0 Å². The summed E-state index contributed by atoms with van der Waals surface area (Å²) in [5.74, 6) is 3.44. The van der Waals surface area contributed by atoms with Crippen molar-refractivity contribution in [3.05, 3.63) is 0 Å². The summed E-state index contributed by atoms with van der Waals surface area (Å²) in [7, 11) is 1.37. The lowest BCUT2D eigenvalue weighted by atomic mass is 9.81. The fraction of sp³-hybridized carbons (Fsp3) is 0.950. The smallest absolute Gasteiger partial charge is 0.245 e. The van der Waals surface area contributed by atoms with E-state index in [1.165, 1.54) is 57.1 Å². The Hall–Kier alpha value is -0.300. The van der Waals surface area contributed by atoms with Crippen LogP contribution in [0.5, 0.6) is 0 Å². The number of carbonyl (C=O) groups excluding carboxylic acids is 1. The van der Waals surface area contributed by atoms with Gasteiger partial charge in [-0.3, -0.25) is 10.0 Å². The zero-order chi connectivity index (χ0) is 18.8. The molecule has 1 N–H and O–H groups in total. The van der Waals surface area contributed by atoms with Crippen molar-refractivity contribution < 1.29 is 19.5 Å². The highest BCUT2D eigenvalue weighted by atomic mass is 32.2. The van der Waals surface area contributed by atoms with Crippen molar-refractivity contribution in [2.75, 3.05) is 31.8 Å². The molecule has 0 aromatic rings. The van der Waals surface area contributed by atoms with Gasteiger partial charge in [-0.25, -0.2) is 5.06 Å². The predicted molar refractivity (Wildman–Crippen MR) is 106 cm³/mol. The fourth-order valence-electron chi connectivity index (χ4n) is 4.04. The van der Waals surface area contributed by atoms with Crippen LogP contribution in [0.2, 0.25) is 0 Å². The van der Waals surface area contributed by atoms with Gasteiger partial charge in [-0.1, -0.05) is 26.2 Å². The average Bonchev–Trinajstić information content (AvgIpc) is 3.22. The van der Waals surface area contributed by atoms with Crippen LogP contribution in [0.3, 0.4) is 0 Å². The Morgan fingerprint density at radius 2 is 1.92 bits per heavy atom. The third kappa shape index (κ3) is 7.02.